The van der Waals surface area contributed by atoms with Crippen molar-refractivity contribution < 1.29 is 9.53 Å². The van der Waals surface area contributed by atoms with Gasteiger partial charge in [0, 0.05) is 26.7 Å². The first-order valence-corrected chi connectivity index (χ1v) is 7.33. The smallest absolute Gasteiger partial charge is 0.230 e. The number of carbonyl (C=O) groups excluding carboxylic acids is 1. The van der Waals surface area contributed by atoms with Gasteiger partial charge in [0.05, 0.1) is 12.5 Å². The Labute approximate surface area is 120 Å². The van der Waals surface area contributed by atoms with Crippen molar-refractivity contribution in [1.29, 1.82) is 0 Å². The molecule has 1 amide bonds. The molecule has 4 nitrogen and oxygen atoms in total. The lowest BCUT2D eigenvalue weighted by Crippen LogP contribution is -2.41. The quantitative estimate of drug-likeness (QED) is 0.857. The lowest BCUT2D eigenvalue weighted by Gasteiger charge is -2.30. The molecule has 0 aliphatic heterocycles. The predicted molar refractivity (Wildman–Crippen MR) is 79.6 cm³/mol. The molecule has 1 aromatic rings. The zero-order chi connectivity index (χ0) is 14.4. The van der Waals surface area contributed by atoms with Gasteiger partial charge in [-0.1, -0.05) is 24.3 Å². The Morgan fingerprint density at radius 3 is 2.95 bits per heavy atom. The van der Waals surface area contributed by atoms with Crippen LogP contribution >= 0.6 is 0 Å². The van der Waals surface area contributed by atoms with Crippen molar-refractivity contribution in [2.75, 3.05) is 33.4 Å². The van der Waals surface area contributed by atoms with Gasteiger partial charge in [0.1, 0.15) is 0 Å². The molecule has 20 heavy (non-hydrogen) atoms. The van der Waals surface area contributed by atoms with Crippen LogP contribution in [0, 0.1) is 0 Å². The minimum absolute atomic E-state index is 0.0108. The van der Waals surface area contributed by atoms with E-state index in [9.17, 15) is 4.79 Å². The Bertz CT molecular complexity index is 448. The topological polar surface area (TPSA) is 55.6 Å². The molecule has 0 saturated carbocycles. The van der Waals surface area contributed by atoms with Gasteiger partial charge in [-0.15, -0.1) is 0 Å². The molecule has 0 spiro atoms. The van der Waals surface area contributed by atoms with Crippen molar-refractivity contribution in [2.24, 2.45) is 5.73 Å². The summed E-state index contributed by atoms with van der Waals surface area (Å²) in [5, 5.41) is 0. The number of hydrogen-bond acceptors (Lipinski definition) is 3. The van der Waals surface area contributed by atoms with Crippen molar-refractivity contribution in [3.8, 4) is 0 Å². The van der Waals surface area contributed by atoms with Gasteiger partial charge < -0.3 is 15.4 Å². The Morgan fingerprint density at radius 1 is 1.40 bits per heavy atom. The summed E-state index contributed by atoms with van der Waals surface area (Å²) in [5.74, 6) is 0.183. The van der Waals surface area contributed by atoms with Crippen LogP contribution in [0.25, 0.3) is 0 Å². The average Bonchev–Trinajstić information content (AvgIpc) is 2.50. The van der Waals surface area contributed by atoms with Crippen LogP contribution in [0.2, 0.25) is 0 Å². The number of carbonyl (C=O) groups is 1. The van der Waals surface area contributed by atoms with E-state index in [2.05, 4.69) is 12.1 Å². The van der Waals surface area contributed by atoms with Crippen LogP contribution in [0.3, 0.4) is 0 Å². The van der Waals surface area contributed by atoms with E-state index in [1.54, 1.807) is 7.11 Å². The van der Waals surface area contributed by atoms with E-state index in [1.807, 2.05) is 17.0 Å². The van der Waals surface area contributed by atoms with Crippen LogP contribution in [0.4, 0.5) is 0 Å². The van der Waals surface area contributed by atoms with E-state index in [-0.39, 0.29) is 11.8 Å². The van der Waals surface area contributed by atoms with Crippen molar-refractivity contribution >= 4 is 5.91 Å². The minimum atomic E-state index is -0.0108. The molecule has 1 aliphatic carbocycles. The molecule has 1 atom stereocenters. The van der Waals surface area contributed by atoms with Crippen LogP contribution in [-0.4, -0.2) is 44.2 Å². The first-order chi connectivity index (χ1) is 9.77. The molecule has 0 saturated heterocycles. The fraction of sp³-hybridized carbons (Fsp3) is 0.562. The maximum atomic E-state index is 12.8. The Morgan fingerprint density at radius 2 is 2.20 bits per heavy atom. The van der Waals surface area contributed by atoms with Gasteiger partial charge in [0.2, 0.25) is 5.91 Å². The predicted octanol–water partition coefficient (Wildman–Crippen LogP) is 1.54. The third-order valence-corrected chi connectivity index (χ3v) is 3.94. The van der Waals surface area contributed by atoms with Crippen molar-refractivity contribution in [2.45, 2.75) is 25.2 Å². The number of fused-ring (bicyclic) bond motifs is 1. The Hall–Kier alpha value is -1.39. The summed E-state index contributed by atoms with van der Waals surface area (Å²) in [6, 6.07) is 8.30. The highest BCUT2D eigenvalue weighted by Crippen LogP contribution is 2.32. The lowest BCUT2D eigenvalue weighted by molar-refractivity contribution is -0.133. The molecule has 1 aliphatic rings. The molecular formula is C16H24N2O2. The summed E-state index contributed by atoms with van der Waals surface area (Å²) in [4.78, 5) is 14.6. The van der Waals surface area contributed by atoms with Crippen LogP contribution in [0.1, 0.15) is 29.9 Å². The number of rotatable bonds is 6. The summed E-state index contributed by atoms with van der Waals surface area (Å²) in [5.41, 5.74) is 8.14. The second kappa shape index (κ2) is 7.41. The van der Waals surface area contributed by atoms with Gasteiger partial charge in [-0.25, -0.2) is 0 Å². The Balaban J connectivity index is 2.15. The largest absolute Gasteiger partial charge is 0.383 e. The maximum Gasteiger partial charge on any atom is 0.230 e. The zero-order valence-corrected chi connectivity index (χ0v) is 12.2. The number of ether oxygens (including phenoxy) is 1. The second-order valence-corrected chi connectivity index (χ2v) is 5.25. The summed E-state index contributed by atoms with van der Waals surface area (Å²) in [6.45, 7) is 2.26. The van der Waals surface area contributed by atoms with E-state index >= 15 is 0 Å². The van der Waals surface area contributed by atoms with Gasteiger partial charge >= 0.3 is 0 Å². The molecule has 110 valence electrons. The van der Waals surface area contributed by atoms with Crippen LogP contribution in [-0.2, 0) is 16.0 Å². The first kappa shape index (κ1) is 15.0. The lowest BCUT2D eigenvalue weighted by atomic mass is 9.82. The number of hydrogen-bond donors (Lipinski definition) is 1. The zero-order valence-electron chi connectivity index (χ0n) is 12.2. The van der Waals surface area contributed by atoms with Crippen molar-refractivity contribution in [3.63, 3.8) is 0 Å². The normalized spacial score (nSPS) is 17.6. The van der Waals surface area contributed by atoms with E-state index in [1.165, 1.54) is 11.1 Å². The molecule has 0 radical (unpaired) electrons. The maximum absolute atomic E-state index is 12.8. The van der Waals surface area contributed by atoms with E-state index in [0.29, 0.717) is 26.2 Å². The number of amides is 1. The standard InChI is InChI=1S/C16H24N2O2/c1-20-12-11-18(10-9-17)16(19)15-8-4-6-13-5-2-3-7-14(13)15/h2-3,5,7,15H,4,6,8-12,17H2,1H3. The first-order valence-electron chi connectivity index (χ1n) is 7.33. The minimum Gasteiger partial charge on any atom is -0.383 e. The van der Waals surface area contributed by atoms with Crippen LogP contribution < -0.4 is 5.73 Å². The van der Waals surface area contributed by atoms with E-state index in [0.717, 1.165) is 19.3 Å². The highest BCUT2D eigenvalue weighted by Gasteiger charge is 2.29. The second-order valence-electron chi connectivity index (χ2n) is 5.25. The number of nitrogens with zero attached hydrogens (tertiary/aromatic N) is 1. The summed E-state index contributed by atoms with van der Waals surface area (Å²) >= 11 is 0. The molecule has 2 N–H and O–H groups in total. The van der Waals surface area contributed by atoms with Gasteiger partial charge in [-0.2, -0.15) is 0 Å². The van der Waals surface area contributed by atoms with E-state index < -0.39 is 0 Å². The van der Waals surface area contributed by atoms with Gasteiger partial charge in [-0.3, -0.25) is 4.79 Å². The third-order valence-electron chi connectivity index (χ3n) is 3.94. The molecule has 4 heteroatoms. The SMILES string of the molecule is COCCN(CCN)C(=O)C1CCCc2ccccc21. The van der Waals surface area contributed by atoms with Gasteiger partial charge in [0.25, 0.3) is 0 Å². The molecule has 2 rings (SSSR count). The monoisotopic (exact) mass is 276 g/mol. The Kier molecular flexibility index (Phi) is 5.56. The highest BCUT2D eigenvalue weighted by molar-refractivity contribution is 5.84. The molecule has 1 unspecified atom stereocenters. The average molecular weight is 276 g/mol. The van der Waals surface area contributed by atoms with Gasteiger partial charge in [-0.05, 0) is 30.4 Å². The molecular weight excluding hydrogens is 252 g/mol. The summed E-state index contributed by atoms with van der Waals surface area (Å²) in [7, 11) is 1.65. The molecule has 0 fully saturated rings. The van der Waals surface area contributed by atoms with Crippen LogP contribution in [0.15, 0.2) is 24.3 Å². The number of nitrogens with two attached hydrogens (primary N) is 1. The summed E-state index contributed by atoms with van der Waals surface area (Å²) < 4.78 is 5.09. The van der Waals surface area contributed by atoms with Gasteiger partial charge in [0.15, 0.2) is 0 Å². The number of aryl methyl sites for hydroxylation is 1. The third kappa shape index (κ3) is 3.38. The fourth-order valence-corrected chi connectivity index (χ4v) is 2.92. The highest BCUT2D eigenvalue weighted by atomic mass is 16.5. The summed E-state index contributed by atoms with van der Waals surface area (Å²) in [6.07, 6.45) is 3.09. The molecule has 0 heterocycles. The van der Waals surface area contributed by atoms with Crippen molar-refractivity contribution in [1.82, 2.24) is 4.90 Å². The number of benzene rings is 1. The van der Waals surface area contributed by atoms with Crippen molar-refractivity contribution in [3.05, 3.63) is 35.4 Å². The molecule has 1 aromatic carbocycles. The molecule has 0 bridgehead atoms. The molecule has 0 aromatic heterocycles. The number of methoxy groups -OCH3 is 1. The fourth-order valence-electron chi connectivity index (χ4n) is 2.92. The van der Waals surface area contributed by atoms with Crippen LogP contribution in [0.5, 0.6) is 0 Å². The van der Waals surface area contributed by atoms with E-state index in [4.69, 9.17) is 10.5 Å².